The summed E-state index contributed by atoms with van der Waals surface area (Å²) in [5.74, 6) is 2.66. The summed E-state index contributed by atoms with van der Waals surface area (Å²) in [4.78, 5) is 8.75. The summed E-state index contributed by atoms with van der Waals surface area (Å²) in [5, 5.41) is 6.22. The first kappa shape index (κ1) is 19.9. The quantitative estimate of drug-likeness (QED) is 0.542. The molecule has 0 fully saturated rings. The lowest BCUT2D eigenvalue weighted by atomic mass is 10.3. The Hall–Kier alpha value is -2.39. The Labute approximate surface area is 154 Å². The van der Waals surface area contributed by atoms with E-state index >= 15 is 0 Å². The predicted octanol–water partition coefficient (Wildman–Crippen LogP) is 2.01. The number of nitrogens with one attached hydrogen (secondary N) is 3. The second kappa shape index (κ2) is 9.35. The molecule has 1 aromatic heterocycles. The maximum absolute atomic E-state index is 12.3. The second-order valence-electron chi connectivity index (χ2n) is 5.44. The van der Waals surface area contributed by atoms with Gasteiger partial charge >= 0.3 is 0 Å². The zero-order valence-electron chi connectivity index (χ0n) is 15.2. The lowest BCUT2D eigenvalue weighted by molar-refractivity contribution is 0.340. The molecular formula is C17H25N5O3S. The molecule has 0 spiro atoms. The van der Waals surface area contributed by atoms with Gasteiger partial charge in [0.2, 0.25) is 10.0 Å². The molecule has 0 radical (unpaired) electrons. The van der Waals surface area contributed by atoms with E-state index in [2.05, 4.69) is 25.3 Å². The Morgan fingerprint density at radius 2 is 1.65 bits per heavy atom. The monoisotopic (exact) mass is 379 g/mol. The van der Waals surface area contributed by atoms with Gasteiger partial charge in [-0.1, -0.05) is 0 Å². The van der Waals surface area contributed by atoms with Crippen molar-refractivity contribution in [1.82, 2.24) is 14.7 Å². The number of nitrogens with zero attached hydrogens (tertiary/aromatic N) is 2. The summed E-state index contributed by atoms with van der Waals surface area (Å²) in [6.07, 6.45) is 0. The fraction of sp³-hybridized carbons (Fsp3) is 0.412. The van der Waals surface area contributed by atoms with Crippen molar-refractivity contribution in [3.05, 3.63) is 36.2 Å². The number of anilines is 2. The number of benzene rings is 1. The van der Waals surface area contributed by atoms with Crippen LogP contribution < -0.4 is 20.1 Å². The molecule has 0 unspecified atom stereocenters. The van der Waals surface area contributed by atoms with Gasteiger partial charge in [0, 0.05) is 25.7 Å². The van der Waals surface area contributed by atoms with Crippen molar-refractivity contribution in [3.63, 3.8) is 0 Å². The van der Waals surface area contributed by atoms with E-state index in [4.69, 9.17) is 4.74 Å². The highest BCUT2D eigenvalue weighted by Gasteiger charge is 2.13. The molecule has 0 aliphatic carbocycles. The number of hydrogen-bond donors (Lipinski definition) is 3. The van der Waals surface area contributed by atoms with E-state index in [0.717, 1.165) is 12.4 Å². The van der Waals surface area contributed by atoms with Crippen molar-refractivity contribution in [2.45, 2.75) is 25.7 Å². The van der Waals surface area contributed by atoms with Gasteiger partial charge in [0.15, 0.2) is 0 Å². The van der Waals surface area contributed by atoms with Crippen LogP contribution in [0.1, 0.15) is 19.7 Å². The second-order valence-corrected chi connectivity index (χ2v) is 7.21. The SMILES string of the molecule is CCNc1cc(NCCNS(=O)(=O)c2ccc(OCC)cc2)nc(C)n1. The van der Waals surface area contributed by atoms with Gasteiger partial charge in [0.05, 0.1) is 11.5 Å². The lowest BCUT2D eigenvalue weighted by Gasteiger charge is -2.11. The van der Waals surface area contributed by atoms with Gasteiger partial charge in [-0.25, -0.2) is 23.1 Å². The predicted molar refractivity (Wildman–Crippen MR) is 102 cm³/mol. The molecule has 0 aliphatic heterocycles. The van der Waals surface area contributed by atoms with Gasteiger partial charge in [0.25, 0.3) is 0 Å². The van der Waals surface area contributed by atoms with E-state index in [1.165, 1.54) is 12.1 Å². The van der Waals surface area contributed by atoms with Crippen LogP contribution in [0.4, 0.5) is 11.6 Å². The van der Waals surface area contributed by atoms with Crippen LogP contribution in [-0.4, -0.2) is 44.6 Å². The first-order valence-corrected chi connectivity index (χ1v) is 9.99. The molecular weight excluding hydrogens is 354 g/mol. The Morgan fingerprint density at radius 1 is 1.00 bits per heavy atom. The minimum Gasteiger partial charge on any atom is -0.494 e. The number of hydrogen-bond acceptors (Lipinski definition) is 7. The Bertz CT molecular complexity index is 810. The highest BCUT2D eigenvalue weighted by molar-refractivity contribution is 7.89. The van der Waals surface area contributed by atoms with Crippen molar-refractivity contribution in [3.8, 4) is 5.75 Å². The van der Waals surface area contributed by atoms with Crippen LogP contribution in [0.15, 0.2) is 35.2 Å². The molecule has 0 atom stereocenters. The van der Waals surface area contributed by atoms with Gasteiger partial charge in [-0.3, -0.25) is 0 Å². The summed E-state index contributed by atoms with van der Waals surface area (Å²) < 4.78 is 32.5. The van der Waals surface area contributed by atoms with E-state index in [-0.39, 0.29) is 11.4 Å². The molecule has 3 N–H and O–H groups in total. The average Bonchev–Trinajstić information content (AvgIpc) is 2.59. The minimum absolute atomic E-state index is 0.202. The topological polar surface area (TPSA) is 105 Å². The zero-order valence-corrected chi connectivity index (χ0v) is 16.1. The van der Waals surface area contributed by atoms with Crippen LogP contribution in [0, 0.1) is 6.92 Å². The number of sulfonamides is 1. The van der Waals surface area contributed by atoms with Crippen LogP contribution in [0.25, 0.3) is 0 Å². The first-order valence-electron chi connectivity index (χ1n) is 8.50. The third kappa shape index (κ3) is 5.85. The largest absolute Gasteiger partial charge is 0.494 e. The summed E-state index contributed by atoms with van der Waals surface area (Å²) in [6.45, 7) is 7.60. The molecule has 1 aromatic carbocycles. The van der Waals surface area contributed by atoms with E-state index in [1.54, 1.807) is 25.1 Å². The third-order valence-electron chi connectivity index (χ3n) is 3.36. The highest BCUT2D eigenvalue weighted by atomic mass is 32.2. The third-order valence-corrected chi connectivity index (χ3v) is 4.84. The van der Waals surface area contributed by atoms with Gasteiger partial charge in [-0.15, -0.1) is 0 Å². The van der Waals surface area contributed by atoms with Gasteiger partial charge < -0.3 is 15.4 Å². The lowest BCUT2D eigenvalue weighted by Crippen LogP contribution is -2.29. The molecule has 8 nitrogen and oxygen atoms in total. The highest BCUT2D eigenvalue weighted by Crippen LogP contribution is 2.15. The van der Waals surface area contributed by atoms with Crippen LogP contribution in [0.2, 0.25) is 0 Å². The van der Waals surface area contributed by atoms with E-state index in [0.29, 0.717) is 30.5 Å². The standard InChI is InChI=1S/C17H25N5O3S/c1-4-18-16-12-17(22-13(3)21-16)19-10-11-20-26(23,24)15-8-6-14(7-9-15)25-5-2/h6-9,12,20H,4-5,10-11H2,1-3H3,(H2,18,19,21,22). The van der Waals surface area contributed by atoms with Crippen molar-refractivity contribution in [2.75, 3.05) is 36.9 Å². The zero-order chi connectivity index (χ0) is 19.0. The molecule has 1 heterocycles. The molecule has 142 valence electrons. The Kier molecular flexibility index (Phi) is 7.16. The maximum Gasteiger partial charge on any atom is 0.240 e. The fourth-order valence-corrected chi connectivity index (χ4v) is 3.30. The van der Waals surface area contributed by atoms with Crippen molar-refractivity contribution in [2.24, 2.45) is 0 Å². The normalized spacial score (nSPS) is 11.2. The molecule has 26 heavy (non-hydrogen) atoms. The van der Waals surface area contributed by atoms with Crippen LogP contribution in [-0.2, 0) is 10.0 Å². The Morgan fingerprint density at radius 3 is 2.27 bits per heavy atom. The summed E-state index contributed by atoms with van der Waals surface area (Å²) in [7, 11) is -3.56. The minimum atomic E-state index is -3.56. The van der Waals surface area contributed by atoms with Crippen molar-refractivity contribution in [1.29, 1.82) is 0 Å². The molecule has 2 rings (SSSR count). The van der Waals surface area contributed by atoms with Crippen LogP contribution >= 0.6 is 0 Å². The van der Waals surface area contributed by atoms with Crippen molar-refractivity contribution >= 4 is 21.7 Å². The molecule has 0 amide bonds. The fourth-order valence-electron chi connectivity index (χ4n) is 2.27. The van der Waals surface area contributed by atoms with E-state index in [9.17, 15) is 8.42 Å². The van der Waals surface area contributed by atoms with Gasteiger partial charge in [0.1, 0.15) is 23.2 Å². The molecule has 2 aromatic rings. The maximum atomic E-state index is 12.3. The Balaban J connectivity index is 1.88. The molecule has 0 saturated heterocycles. The number of aryl methyl sites for hydroxylation is 1. The van der Waals surface area contributed by atoms with Crippen molar-refractivity contribution < 1.29 is 13.2 Å². The average molecular weight is 379 g/mol. The number of rotatable bonds is 10. The smallest absolute Gasteiger partial charge is 0.240 e. The molecule has 0 aliphatic rings. The van der Waals surface area contributed by atoms with Crippen LogP contribution in [0.5, 0.6) is 5.75 Å². The van der Waals surface area contributed by atoms with Gasteiger partial charge in [-0.05, 0) is 45.0 Å². The molecule has 0 bridgehead atoms. The summed E-state index contributed by atoms with van der Waals surface area (Å²) in [6, 6.07) is 8.12. The van der Waals surface area contributed by atoms with Gasteiger partial charge in [-0.2, -0.15) is 0 Å². The van der Waals surface area contributed by atoms with E-state index in [1.807, 2.05) is 13.8 Å². The van der Waals surface area contributed by atoms with Crippen LogP contribution in [0.3, 0.4) is 0 Å². The number of aromatic nitrogens is 2. The summed E-state index contributed by atoms with van der Waals surface area (Å²) in [5.41, 5.74) is 0. The first-order chi connectivity index (χ1) is 12.4. The van der Waals surface area contributed by atoms with E-state index < -0.39 is 10.0 Å². The molecule has 9 heteroatoms. The summed E-state index contributed by atoms with van der Waals surface area (Å²) >= 11 is 0. The number of ether oxygens (including phenoxy) is 1. The molecule has 0 saturated carbocycles.